The smallest absolute Gasteiger partial charge is 0.333 e. The van der Waals surface area contributed by atoms with E-state index in [1.807, 2.05) is 0 Å². The number of benzene rings is 1. The van der Waals surface area contributed by atoms with E-state index in [9.17, 15) is 34.5 Å². The first kappa shape index (κ1) is 18.0. The highest BCUT2D eigenvalue weighted by molar-refractivity contribution is 6.35. The summed E-state index contributed by atoms with van der Waals surface area (Å²) < 4.78 is 0. The van der Waals surface area contributed by atoms with Crippen LogP contribution in [-0.2, 0) is 19.2 Å². The Kier molecular flexibility index (Phi) is 5.11. The fourth-order valence-corrected chi connectivity index (χ4v) is 2.60. The number of piperazine rings is 1. The third kappa shape index (κ3) is 3.18. The Balaban J connectivity index is 2.44. The number of carboxylic acid groups (broad SMARTS) is 1. The van der Waals surface area contributed by atoms with Gasteiger partial charge in [0, 0.05) is 18.7 Å². The van der Waals surface area contributed by atoms with E-state index in [0.717, 1.165) is 11.1 Å². The molecule has 1 fully saturated rings. The highest BCUT2D eigenvalue weighted by atomic mass is 16.4. The molecule has 0 aliphatic carbocycles. The number of rotatable bonds is 6. The monoisotopic (exact) mass is 351 g/mol. The van der Waals surface area contributed by atoms with Crippen molar-refractivity contribution in [3.8, 4) is 11.5 Å². The van der Waals surface area contributed by atoms with Gasteiger partial charge in [-0.25, -0.2) is 14.8 Å². The van der Waals surface area contributed by atoms with Crippen molar-refractivity contribution in [2.45, 2.75) is 13.0 Å². The van der Waals surface area contributed by atoms with Crippen LogP contribution in [0.5, 0.6) is 11.5 Å². The maximum absolute atomic E-state index is 12.2. The van der Waals surface area contributed by atoms with Crippen LogP contribution in [0.3, 0.4) is 0 Å². The number of likely N-dealkylation sites (N-methyl/N-ethyl adjacent to an activating group) is 1. The third-order valence-corrected chi connectivity index (χ3v) is 3.89. The minimum Gasteiger partial charge on any atom is -0.504 e. The molecular weight excluding hydrogens is 334 g/mol. The first-order valence-corrected chi connectivity index (χ1v) is 7.41. The van der Waals surface area contributed by atoms with Crippen LogP contribution in [0, 0.1) is 0 Å². The van der Waals surface area contributed by atoms with Crippen molar-refractivity contribution in [1.82, 2.24) is 14.9 Å². The van der Waals surface area contributed by atoms with E-state index in [4.69, 9.17) is 0 Å². The van der Waals surface area contributed by atoms with E-state index in [0.29, 0.717) is 11.6 Å². The highest BCUT2D eigenvalue weighted by Crippen LogP contribution is 2.35. The Hall–Kier alpha value is -3.30. The Labute approximate surface area is 142 Å². The van der Waals surface area contributed by atoms with Crippen molar-refractivity contribution in [2.75, 3.05) is 19.6 Å². The number of carbonyl (C=O) groups excluding carboxylic acids is 3. The summed E-state index contributed by atoms with van der Waals surface area (Å²) in [5, 5.41) is 30.2. The van der Waals surface area contributed by atoms with Crippen LogP contribution >= 0.6 is 0 Å². The first-order chi connectivity index (χ1) is 11.8. The van der Waals surface area contributed by atoms with Gasteiger partial charge in [-0.1, -0.05) is 12.1 Å². The van der Waals surface area contributed by atoms with Gasteiger partial charge in [0.1, 0.15) is 0 Å². The van der Waals surface area contributed by atoms with Gasteiger partial charge in [0.15, 0.2) is 17.5 Å². The number of aromatic hydroxyl groups is 2. The number of phenolic OH excluding ortho intramolecular Hbond substituents is 2. The molecule has 10 heteroatoms. The average Bonchev–Trinajstić information content (AvgIpc) is 2.58. The van der Waals surface area contributed by atoms with E-state index in [1.54, 1.807) is 6.92 Å². The zero-order chi connectivity index (χ0) is 18.7. The molecule has 10 nitrogen and oxygen atoms in total. The summed E-state index contributed by atoms with van der Waals surface area (Å²) in [6.45, 7) is 2.03. The molecule has 1 atom stereocenters. The second-order valence-corrected chi connectivity index (χ2v) is 5.25. The number of nitrogens with zero attached hydrogens (tertiary/aromatic N) is 3. The van der Waals surface area contributed by atoms with Crippen molar-refractivity contribution < 1.29 is 34.5 Å². The first-order valence-electron chi connectivity index (χ1n) is 7.41. The summed E-state index contributed by atoms with van der Waals surface area (Å²) in [4.78, 5) is 48.7. The molecule has 0 bridgehead atoms. The predicted octanol–water partition coefficient (Wildman–Crippen LogP) is -0.712. The second kappa shape index (κ2) is 7.07. The second-order valence-electron chi connectivity index (χ2n) is 5.25. The predicted molar refractivity (Wildman–Crippen MR) is 82.0 cm³/mol. The van der Waals surface area contributed by atoms with Gasteiger partial charge in [0.05, 0.1) is 6.54 Å². The van der Waals surface area contributed by atoms with Crippen LogP contribution in [0.15, 0.2) is 18.2 Å². The number of hydrogen-bond acceptors (Lipinski definition) is 6. The molecule has 2 rings (SSSR count). The van der Waals surface area contributed by atoms with Crippen molar-refractivity contribution in [3.63, 3.8) is 0 Å². The summed E-state index contributed by atoms with van der Waals surface area (Å²) in [6.07, 6.45) is 0.0923. The molecule has 3 N–H and O–H groups in total. The maximum Gasteiger partial charge on any atom is 0.333 e. The lowest BCUT2D eigenvalue weighted by molar-refractivity contribution is -0.180. The van der Waals surface area contributed by atoms with Crippen LogP contribution in [0.4, 0.5) is 0 Å². The van der Waals surface area contributed by atoms with Crippen LogP contribution in [0.25, 0.3) is 0 Å². The molecule has 25 heavy (non-hydrogen) atoms. The minimum absolute atomic E-state index is 0.0828. The summed E-state index contributed by atoms with van der Waals surface area (Å²) in [5.74, 6) is -4.76. The van der Waals surface area contributed by atoms with E-state index in [1.165, 1.54) is 17.0 Å². The minimum atomic E-state index is -1.80. The maximum atomic E-state index is 12.2. The molecule has 1 heterocycles. The summed E-state index contributed by atoms with van der Waals surface area (Å²) in [5.41, 5.74) is -0.294. The summed E-state index contributed by atoms with van der Waals surface area (Å²) in [7, 11) is 0. The number of aliphatic carboxylic acids is 1. The van der Waals surface area contributed by atoms with Crippen LogP contribution in [-0.4, -0.2) is 74.1 Å². The fraction of sp³-hybridized carbons (Fsp3) is 0.333. The molecule has 1 unspecified atom stereocenters. The van der Waals surface area contributed by atoms with Gasteiger partial charge < -0.3 is 20.2 Å². The SMILES string of the molecule is CCN1CCN(N(C=O)C(C(=O)O)c2cccc(O)c2O)C(=O)C1=O. The zero-order valence-corrected chi connectivity index (χ0v) is 13.3. The normalized spacial score (nSPS) is 15.9. The number of hydrogen-bond donors (Lipinski definition) is 3. The van der Waals surface area contributed by atoms with Crippen LogP contribution in [0.1, 0.15) is 18.5 Å². The van der Waals surface area contributed by atoms with Gasteiger partial charge in [-0.3, -0.25) is 14.4 Å². The highest BCUT2D eigenvalue weighted by Gasteiger charge is 2.41. The Bertz CT molecular complexity index is 721. The Morgan fingerprint density at radius 2 is 1.96 bits per heavy atom. The molecule has 1 saturated heterocycles. The lowest BCUT2D eigenvalue weighted by Crippen LogP contribution is -2.60. The van der Waals surface area contributed by atoms with Crippen molar-refractivity contribution >= 4 is 24.2 Å². The molecule has 0 radical (unpaired) electrons. The van der Waals surface area contributed by atoms with E-state index < -0.39 is 35.3 Å². The number of amides is 3. The van der Waals surface area contributed by atoms with E-state index in [-0.39, 0.29) is 25.1 Å². The van der Waals surface area contributed by atoms with Crippen LogP contribution in [0.2, 0.25) is 0 Å². The van der Waals surface area contributed by atoms with Crippen LogP contribution < -0.4 is 0 Å². The molecular formula is C15H17N3O7. The number of carbonyl (C=O) groups is 4. The van der Waals surface area contributed by atoms with E-state index >= 15 is 0 Å². The molecule has 1 aromatic rings. The quantitative estimate of drug-likeness (QED) is 0.349. The average molecular weight is 351 g/mol. The molecule has 0 aromatic heterocycles. The standard InChI is InChI=1S/C15H17N3O7/c1-2-16-6-7-17(14(23)13(16)22)18(8-19)11(15(24)25)9-4-3-5-10(20)12(9)21/h3-5,8,11,20-21H,2,6-7H2,1H3,(H,24,25). The Morgan fingerprint density at radius 1 is 1.28 bits per heavy atom. The molecule has 3 amide bonds. The summed E-state index contributed by atoms with van der Waals surface area (Å²) >= 11 is 0. The largest absolute Gasteiger partial charge is 0.504 e. The van der Waals surface area contributed by atoms with Gasteiger partial charge in [-0.05, 0) is 13.0 Å². The zero-order valence-electron chi connectivity index (χ0n) is 13.3. The molecule has 1 aromatic carbocycles. The van der Waals surface area contributed by atoms with Gasteiger partial charge in [-0.2, -0.15) is 0 Å². The molecule has 134 valence electrons. The molecule has 1 aliphatic rings. The number of carboxylic acids is 1. The van der Waals surface area contributed by atoms with Gasteiger partial charge in [0.2, 0.25) is 6.41 Å². The Morgan fingerprint density at radius 3 is 2.52 bits per heavy atom. The van der Waals surface area contributed by atoms with E-state index in [2.05, 4.69) is 0 Å². The number of phenols is 2. The summed E-state index contributed by atoms with van der Waals surface area (Å²) in [6, 6.07) is 1.82. The lowest BCUT2D eigenvalue weighted by atomic mass is 10.0. The van der Waals surface area contributed by atoms with Gasteiger partial charge >= 0.3 is 17.8 Å². The van der Waals surface area contributed by atoms with Crippen molar-refractivity contribution in [3.05, 3.63) is 23.8 Å². The molecule has 0 saturated carbocycles. The van der Waals surface area contributed by atoms with Gasteiger partial charge in [-0.15, -0.1) is 0 Å². The topological polar surface area (TPSA) is 139 Å². The molecule has 1 aliphatic heterocycles. The molecule has 0 spiro atoms. The lowest BCUT2D eigenvalue weighted by Gasteiger charge is -2.40. The van der Waals surface area contributed by atoms with Gasteiger partial charge in [0.25, 0.3) is 0 Å². The number of para-hydroxylation sites is 1. The fourth-order valence-electron chi connectivity index (χ4n) is 2.60. The van der Waals surface area contributed by atoms with Crippen molar-refractivity contribution in [1.29, 1.82) is 0 Å². The van der Waals surface area contributed by atoms with Crippen molar-refractivity contribution in [2.24, 2.45) is 0 Å². The third-order valence-electron chi connectivity index (χ3n) is 3.89. The number of hydrazine groups is 1.